The zero-order valence-corrected chi connectivity index (χ0v) is 12.0. The first-order valence-corrected chi connectivity index (χ1v) is 7.35. The molecule has 1 saturated carbocycles. The maximum Gasteiger partial charge on any atom is 0.248 e. The summed E-state index contributed by atoms with van der Waals surface area (Å²) in [5.41, 5.74) is 1.72. The summed E-state index contributed by atoms with van der Waals surface area (Å²) in [6, 6.07) is 0. The van der Waals surface area contributed by atoms with E-state index in [2.05, 4.69) is 16.5 Å². The Hall–Kier alpha value is -1.71. The summed E-state index contributed by atoms with van der Waals surface area (Å²) < 4.78 is 0. The average molecular weight is 271 g/mol. The van der Waals surface area contributed by atoms with Crippen molar-refractivity contribution in [2.24, 2.45) is 17.8 Å². The van der Waals surface area contributed by atoms with Crippen molar-refractivity contribution in [1.82, 2.24) is 14.9 Å². The van der Waals surface area contributed by atoms with Gasteiger partial charge in [0.25, 0.3) is 0 Å². The molecule has 3 rings (SSSR count). The van der Waals surface area contributed by atoms with Crippen LogP contribution in [-0.4, -0.2) is 33.9 Å². The SMILES string of the molecule is C=C(C)C(=O)N1C[C@H]2CC[C@H](Cc3cnccn3)[C@H]2C1. The molecular weight excluding hydrogens is 250 g/mol. The van der Waals surface area contributed by atoms with Gasteiger partial charge < -0.3 is 4.90 Å². The van der Waals surface area contributed by atoms with E-state index in [1.807, 2.05) is 11.1 Å². The first kappa shape index (κ1) is 13.3. The molecule has 4 heteroatoms. The number of aromatic nitrogens is 2. The van der Waals surface area contributed by atoms with Crippen molar-refractivity contribution >= 4 is 5.91 Å². The summed E-state index contributed by atoms with van der Waals surface area (Å²) in [4.78, 5) is 22.6. The van der Waals surface area contributed by atoms with Crippen LogP contribution in [0.4, 0.5) is 0 Å². The highest BCUT2D eigenvalue weighted by Crippen LogP contribution is 2.43. The van der Waals surface area contributed by atoms with E-state index in [1.54, 1.807) is 19.3 Å². The molecule has 1 aromatic rings. The van der Waals surface area contributed by atoms with Crippen LogP contribution in [0.25, 0.3) is 0 Å². The van der Waals surface area contributed by atoms with Crippen LogP contribution in [0.1, 0.15) is 25.5 Å². The van der Waals surface area contributed by atoms with Crippen molar-refractivity contribution in [2.45, 2.75) is 26.2 Å². The standard InChI is InChI=1S/C16H21N3O/c1-11(2)16(20)19-9-13-4-3-12(15(13)10-19)7-14-8-17-5-6-18-14/h5-6,8,12-13,15H,1,3-4,7,9-10H2,2H3/t12-,13-,15-/m1/s1. The fourth-order valence-corrected chi connectivity index (χ4v) is 3.77. The average Bonchev–Trinajstić information content (AvgIpc) is 3.01. The number of likely N-dealkylation sites (tertiary alicyclic amines) is 1. The van der Waals surface area contributed by atoms with Crippen molar-refractivity contribution < 1.29 is 4.79 Å². The number of carbonyl (C=O) groups is 1. The van der Waals surface area contributed by atoms with Gasteiger partial charge in [-0.2, -0.15) is 0 Å². The molecule has 0 spiro atoms. The van der Waals surface area contributed by atoms with Gasteiger partial charge in [0.1, 0.15) is 0 Å². The third-order valence-corrected chi connectivity index (χ3v) is 4.75. The third-order valence-electron chi connectivity index (χ3n) is 4.75. The molecule has 1 amide bonds. The number of amides is 1. The van der Waals surface area contributed by atoms with Gasteiger partial charge in [0.05, 0.1) is 5.69 Å². The molecule has 0 aromatic carbocycles. The maximum absolute atomic E-state index is 12.0. The molecule has 20 heavy (non-hydrogen) atoms. The van der Waals surface area contributed by atoms with Gasteiger partial charge in [-0.15, -0.1) is 0 Å². The highest BCUT2D eigenvalue weighted by Gasteiger charge is 2.43. The molecule has 0 radical (unpaired) electrons. The Morgan fingerprint density at radius 2 is 2.25 bits per heavy atom. The Morgan fingerprint density at radius 3 is 2.95 bits per heavy atom. The molecular formula is C16H21N3O. The predicted molar refractivity (Wildman–Crippen MR) is 76.8 cm³/mol. The lowest BCUT2D eigenvalue weighted by molar-refractivity contribution is -0.126. The highest BCUT2D eigenvalue weighted by molar-refractivity contribution is 5.92. The number of carbonyl (C=O) groups excluding carboxylic acids is 1. The van der Waals surface area contributed by atoms with Crippen LogP contribution in [0, 0.1) is 17.8 Å². The number of rotatable bonds is 3. The minimum absolute atomic E-state index is 0.123. The van der Waals surface area contributed by atoms with Gasteiger partial charge in [0.15, 0.2) is 0 Å². The summed E-state index contributed by atoms with van der Waals surface area (Å²) >= 11 is 0. The molecule has 4 nitrogen and oxygen atoms in total. The van der Waals surface area contributed by atoms with Crippen LogP contribution >= 0.6 is 0 Å². The first-order chi connectivity index (χ1) is 9.65. The van der Waals surface area contributed by atoms with Crippen LogP contribution in [0.2, 0.25) is 0 Å². The van der Waals surface area contributed by atoms with Crippen LogP contribution in [0.3, 0.4) is 0 Å². The summed E-state index contributed by atoms with van der Waals surface area (Å²) in [6.07, 6.45) is 8.80. The Bertz CT molecular complexity index is 514. The lowest BCUT2D eigenvalue weighted by Crippen LogP contribution is -2.30. The minimum Gasteiger partial charge on any atom is -0.338 e. The quantitative estimate of drug-likeness (QED) is 0.791. The predicted octanol–water partition coefficient (Wildman–Crippen LogP) is 2.08. The molecule has 0 unspecified atom stereocenters. The Kier molecular flexibility index (Phi) is 3.55. The second-order valence-corrected chi connectivity index (χ2v) is 6.15. The van der Waals surface area contributed by atoms with Crippen molar-refractivity contribution in [1.29, 1.82) is 0 Å². The summed E-state index contributed by atoms with van der Waals surface area (Å²) in [5, 5.41) is 0. The van der Waals surface area contributed by atoms with E-state index >= 15 is 0 Å². The fourth-order valence-electron chi connectivity index (χ4n) is 3.77. The van der Waals surface area contributed by atoms with Gasteiger partial charge in [0, 0.05) is 37.3 Å². The summed E-state index contributed by atoms with van der Waals surface area (Å²) in [6.45, 7) is 7.37. The van der Waals surface area contributed by atoms with Crippen molar-refractivity contribution in [3.05, 3.63) is 36.4 Å². The Morgan fingerprint density at radius 1 is 1.40 bits per heavy atom. The third kappa shape index (κ3) is 2.47. The van der Waals surface area contributed by atoms with E-state index in [9.17, 15) is 4.79 Å². The second kappa shape index (κ2) is 5.35. The minimum atomic E-state index is 0.123. The van der Waals surface area contributed by atoms with E-state index in [4.69, 9.17) is 0 Å². The van der Waals surface area contributed by atoms with Crippen LogP contribution in [-0.2, 0) is 11.2 Å². The Labute approximate surface area is 119 Å². The number of hydrogen-bond acceptors (Lipinski definition) is 3. The van der Waals surface area contributed by atoms with Gasteiger partial charge >= 0.3 is 0 Å². The van der Waals surface area contributed by atoms with Crippen LogP contribution in [0.15, 0.2) is 30.7 Å². The van der Waals surface area contributed by atoms with Gasteiger partial charge in [-0.25, -0.2) is 0 Å². The largest absolute Gasteiger partial charge is 0.338 e. The number of fused-ring (bicyclic) bond motifs is 1. The molecule has 2 fully saturated rings. The van der Waals surface area contributed by atoms with Gasteiger partial charge in [-0.05, 0) is 43.9 Å². The van der Waals surface area contributed by atoms with E-state index in [0.717, 1.165) is 25.2 Å². The molecule has 1 saturated heterocycles. The lowest BCUT2D eigenvalue weighted by atomic mass is 9.89. The smallest absolute Gasteiger partial charge is 0.248 e. The molecule has 2 aliphatic rings. The lowest BCUT2D eigenvalue weighted by Gasteiger charge is -2.20. The van der Waals surface area contributed by atoms with Gasteiger partial charge in [-0.3, -0.25) is 14.8 Å². The molecule has 3 atom stereocenters. The molecule has 1 aliphatic heterocycles. The number of hydrogen-bond donors (Lipinski definition) is 0. The second-order valence-electron chi connectivity index (χ2n) is 6.15. The summed E-state index contributed by atoms with van der Waals surface area (Å²) in [5.74, 6) is 2.05. The monoisotopic (exact) mass is 271 g/mol. The van der Waals surface area contributed by atoms with E-state index in [-0.39, 0.29) is 5.91 Å². The maximum atomic E-state index is 12.0. The zero-order chi connectivity index (χ0) is 14.1. The molecule has 1 aromatic heterocycles. The molecule has 2 heterocycles. The topological polar surface area (TPSA) is 46.1 Å². The molecule has 1 aliphatic carbocycles. The van der Waals surface area contributed by atoms with Crippen LogP contribution in [0.5, 0.6) is 0 Å². The molecule has 0 N–H and O–H groups in total. The Balaban J connectivity index is 1.66. The zero-order valence-electron chi connectivity index (χ0n) is 12.0. The van der Waals surface area contributed by atoms with Crippen molar-refractivity contribution in [2.75, 3.05) is 13.1 Å². The van der Waals surface area contributed by atoms with Crippen molar-refractivity contribution in [3.63, 3.8) is 0 Å². The summed E-state index contributed by atoms with van der Waals surface area (Å²) in [7, 11) is 0. The van der Waals surface area contributed by atoms with E-state index in [1.165, 1.54) is 12.8 Å². The van der Waals surface area contributed by atoms with Crippen molar-refractivity contribution in [3.8, 4) is 0 Å². The first-order valence-electron chi connectivity index (χ1n) is 7.35. The van der Waals surface area contributed by atoms with E-state index < -0.39 is 0 Å². The fraction of sp³-hybridized carbons (Fsp3) is 0.562. The number of nitrogens with zero attached hydrogens (tertiary/aromatic N) is 3. The van der Waals surface area contributed by atoms with E-state index in [0.29, 0.717) is 23.3 Å². The normalized spacial score (nSPS) is 28.4. The van der Waals surface area contributed by atoms with Gasteiger partial charge in [0.2, 0.25) is 5.91 Å². The van der Waals surface area contributed by atoms with Crippen LogP contribution < -0.4 is 0 Å². The molecule has 106 valence electrons. The molecule has 0 bridgehead atoms. The highest BCUT2D eigenvalue weighted by atomic mass is 16.2. The van der Waals surface area contributed by atoms with Gasteiger partial charge in [-0.1, -0.05) is 6.58 Å².